The number of hydrogen-bond donors (Lipinski definition) is 1. The van der Waals surface area contributed by atoms with E-state index in [1.165, 1.54) is 0 Å². The van der Waals surface area contributed by atoms with Crippen LogP contribution in [0.1, 0.15) is 22.8 Å². The number of nitrogens with one attached hydrogen (secondary N) is 1. The molecule has 25 heavy (non-hydrogen) atoms. The van der Waals surface area contributed by atoms with Gasteiger partial charge in [0.05, 0.1) is 24.4 Å². The van der Waals surface area contributed by atoms with Gasteiger partial charge in [0.2, 0.25) is 0 Å². The van der Waals surface area contributed by atoms with Gasteiger partial charge in [0.15, 0.2) is 0 Å². The molecule has 132 valence electrons. The van der Waals surface area contributed by atoms with Crippen LogP contribution in [0.5, 0.6) is 0 Å². The summed E-state index contributed by atoms with van der Waals surface area (Å²) in [5, 5.41) is 3.09. The van der Waals surface area contributed by atoms with E-state index in [4.69, 9.17) is 4.74 Å². The Kier molecular flexibility index (Phi) is 5.46. The Morgan fingerprint density at radius 2 is 2.16 bits per heavy atom. The minimum Gasteiger partial charge on any atom is -0.373 e. The fraction of sp³-hybridized carbons (Fsp3) is 0.400. The molecule has 0 aliphatic carbocycles. The van der Waals surface area contributed by atoms with Gasteiger partial charge in [-0.2, -0.15) is 0 Å². The lowest BCUT2D eigenvalue weighted by Crippen LogP contribution is -2.51. The number of benzene rings is 1. The summed E-state index contributed by atoms with van der Waals surface area (Å²) in [5.41, 5.74) is 3.47. The standard InChI is InChI=1S/C20H25N3O2/c1-14-16(18-9-4-5-10-21-18)7-6-8-17(14)20(24)22-15(2)19-13-23(3)11-12-25-19/h4-10,15,19H,11-13H2,1-3H3,(H,22,24)/t15-,19-/m0/s1. The Labute approximate surface area is 149 Å². The summed E-state index contributed by atoms with van der Waals surface area (Å²) < 4.78 is 5.80. The lowest BCUT2D eigenvalue weighted by Gasteiger charge is -2.34. The number of pyridine rings is 1. The van der Waals surface area contributed by atoms with E-state index in [0.29, 0.717) is 12.2 Å². The maximum Gasteiger partial charge on any atom is 0.251 e. The zero-order chi connectivity index (χ0) is 17.8. The Morgan fingerprint density at radius 3 is 2.88 bits per heavy atom. The van der Waals surface area contributed by atoms with Gasteiger partial charge < -0.3 is 15.0 Å². The molecule has 1 aliphatic heterocycles. The van der Waals surface area contributed by atoms with Gasteiger partial charge in [0, 0.05) is 30.4 Å². The van der Waals surface area contributed by atoms with Gasteiger partial charge in [0.25, 0.3) is 5.91 Å². The van der Waals surface area contributed by atoms with Crippen LogP contribution in [0.25, 0.3) is 11.3 Å². The topological polar surface area (TPSA) is 54.5 Å². The lowest BCUT2D eigenvalue weighted by molar-refractivity contribution is -0.0342. The van der Waals surface area contributed by atoms with Crippen molar-refractivity contribution in [3.05, 3.63) is 53.7 Å². The highest BCUT2D eigenvalue weighted by molar-refractivity contribution is 5.97. The van der Waals surface area contributed by atoms with Gasteiger partial charge in [-0.25, -0.2) is 0 Å². The molecule has 0 bridgehead atoms. The van der Waals surface area contributed by atoms with Crippen LogP contribution in [0, 0.1) is 6.92 Å². The van der Waals surface area contributed by atoms with Gasteiger partial charge in [-0.3, -0.25) is 9.78 Å². The molecular weight excluding hydrogens is 314 g/mol. The molecule has 0 radical (unpaired) electrons. The second-order valence-electron chi connectivity index (χ2n) is 6.63. The molecule has 2 aromatic rings. The molecule has 1 N–H and O–H groups in total. The minimum atomic E-state index is -0.0698. The fourth-order valence-electron chi connectivity index (χ4n) is 3.17. The molecule has 0 spiro atoms. The second kappa shape index (κ2) is 7.76. The third-order valence-electron chi connectivity index (χ3n) is 4.73. The summed E-state index contributed by atoms with van der Waals surface area (Å²) in [6.07, 6.45) is 1.78. The number of rotatable bonds is 4. The van der Waals surface area contributed by atoms with Crippen LogP contribution in [0.4, 0.5) is 0 Å². The Bertz CT molecular complexity index is 733. The molecule has 1 aromatic heterocycles. The Balaban J connectivity index is 1.76. The van der Waals surface area contributed by atoms with Gasteiger partial charge in [0.1, 0.15) is 0 Å². The Morgan fingerprint density at radius 1 is 1.32 bits per heavy atom. The maximum absolute atomic E-state index is 12.8. The second-order valence-corrected chi connectivity index (χ2v) is 6.63. The number of amides is 1. The van der Waals surface area contributed by atoms with Crippen molar-refractivity contribution in [2.75, 3.05) is 26.7 Å². The third-order valence-corrected chi connectivity index (χ3v) is 4.73. The number of ether oxygens (including phenoxy) is 1. The van der Waals surface area contributed by atoms with Crippen LogP contribution in [0.2, 0.25) is 0 Å². The average molecular weight is 339 g/mol. The number of morpholine rings is 1. The van der Waals surface area contributed by atoms with E-state index in [-0.39, 0.29) is 18.1 Å². The summed E-state index contributed by atoms with van der Waals surface area (Å²) in [6, 6.07) is 11.5. The van der Waals surface area contributed by atoms with Crippen LogP contribution in [-0.2, 0) is 4.74 Å². The highest BCUT2D eigenvalue weighted by Crippen LogP contribution is 2.24. The van der Waals surface area contributed by atoms with E-state index >= 15 is 0 Å². The summed E-state index contributed by atoms with van der Waals surface area (Å²) >= 11 is 0. The Hall–Kier alpha value is -2.24. The predicted octanol–water partition coefficient (Wildman–Crippen LogP) is 2.51. The first-order valence-electron chi connectivity index (χ1n) is 8.68. The molecule has 1 aromatic carbocycles. The van der Waals surface area contributed by atoms with Crippen LogP contribution in [-0.4, -0.2) is 54.7 Å². The maximum atomic E-state index is 12.8. The van der Waals surface area contributed by atoms with Crippen molar-refractivity contribution in [1.82, 2.24) is 15.2 Å². The first-order valence-corrected chi connectivity index (χ1v) is 8.68. The first-order chi connectivity index (χ1) is 12.1. The van der Waals surface area contributed by atoms with Crippen molar-refractivity contribution in [2.24, 2.45) is 0 Å². The molecule has 5 nitrogen and oxygen atoms in total. The molecule has 1 saturated heterocycles. The van der Waals surface area contributed by atoms with Crippen molar-refractivity contribution in [3.63, 3.8) is 0 Å². The predicted molar refractivity (Wildman–Crippen MR) is 98.6 cm³/mol. The van der Waals surface area contributed by atoms with Gasteiger partial charge in [-0.15, -0.1) is 0 Å². The van der Waals surface area contributed by atoms with Crippen LogP contribution >= 0.6 is 0 Å². The highest BCUT2D eigenvalue weighted by atomic mass is 16.5. The molecule has 0 saturated carbocycles. The van der Waals surface area contributed by atoms with Crippen molar-refractivity contribution in [1.29, 1.82) is 0 Å². The zero-order valence-corrected chi connectivity index (χ0v) is 15.0. The molecule has 2 heterocycles. The summed E-state index contributed by atoms with van der Waals surface area (Å²) in [7, 11) is 2.07. The molecule has 1 fully saturated rings. The van der Waals surface area contributed by atoms with E-state index in [1.54, 1.807) is 6.20 Å². The van der Waals surface area contributed by atoms with E-state index in [2.05, 4.69) is 22.2 Å². The minimum absolute atomic E-state index is 0.0157. The summed E-state index contributed by atoms with van der Waals surface area (Å²) in [6.45, 7) is 6.43. The van der Waals surface area contributed by atoms with Gasteiger partial charge in [-0.1, -0.05) is 18.2 Å². The molecule has 3 rings (SSSR count). The van der Waals surface area contributed by atoms with Crippen LogP contribution < -0.4 is 5.32 Å². The van der Waals surface area contributed by atoms with Crippen LogP contribution in [0.3, 0.4) is 0 Å². The summed E-state index contributed by atoms with van der Waals surface area (Å²) in [5.74, 6) is -0.0698. The average Bonchev–Trinajstić information content (AvgIpc) is 2.62. The smallest absolute Gasteiger partial charge is 0.251 e. The monoisotopic (exact) mass is 339 g/mol. The SMILES string of the molecule is Cc1c(C(=O)N[C@@H](C)[C@@H]2CN(C)CCO2)cccc1-c1ccccn1. The zero-order valence-electron chi connectivity index (χ0n) is 15.0. The number of hydrogen-bond acceptors (Lipinski definition) is 4. The van der Waals surface area contributed by atoms with E-state index in [9.17, 15) is 4.79 Å². The number of carbonyl (C=O) groups excluding carboxylic acids is 1. The largest absolute Gasteiger partial charge is 0.373 e. The van der Waals surface area contributed by atoms with Crippen molar-refractivity contribution in [3.8, 4) is 11.3 Å². The van der Waals surface area contributed by atoms with E-state index in [1.807, 2.05) is 50.2 Å². The number of carbonyl (C=O) groups is 1. The van der Waals surface area contributed by atoms with Crippen LogP contribution in [0.15, 0.2) is 42.6 Å². The molecule has 5 heteroatoms. The third kappa shape index (κ3) is 4.06. The molecule has 1 aliphatic rings. The number of aromatic nitrogens is 1. The summed E-state index contributed by atoms with van der Waals surface area (Å²) in [4.78, 5) is 19.4. The fourth-order valence-corrected chi connectivity index (χ4v) is 3.17. The molecule has 2 atom stereocenters. The number of nitrogens with zero attached hydrogens (tertiary/aromatic N) is 2. The van der Waals surface area contributed by atoms with E-state index in [0.717, 1.165) is 29.9 Å². The van der Waals surface area contributed by atoms with Crippen molar-refractivity contribution >= 4 is 5.91 Å². The highest BCUT2D eigenvalue weighted by Gasteiger charge is 2.25. The van der Waals surface area contributed by atoms with E-state index < -0.39 is 0 Å². The molecule has 1 amide bonds. The molecular formula is C20H25N3O2. The first kappa shape index (κ1) is 17.6. The lowest BCUT2D eigenvalue weighted by atomic mass is 9.98. The number of likely N-dealkylation sites (N-methyl/N-ethyl adjacent to an activating group) is 1. The van der Waals surface area contributed by atoms with Gasteiger partial charge in [-0.05, 0) is 44.7 Å². The normalized spacial score (nSPS) is 19.4. The van der Waals surface area contributed by atoms with Crippen molar-refractivity contribution in [2.45, 2.75) is 26.0 Å². The molecule has 0 unspecified atom stereocenters. The quantitative estimate of drug-likeness (QED) is 0.930. The van der Waals surface area contributed by atoms with Crippen molar-refractivity contribution < 1.29 is 9.53 Å². The van der Waals surface area contributed by atoms with Gasteiger partial charge >= 0.3 is 0 Å².